The van der Waals surface area contributed by atoms with Gasteiger partial charge < -0.3 is 10.1 Å². The van der Waals surface area contributed by atoms with Crippen LogP contribution in [0.15, 0.2) is 18.2 Å². The number of benzene rings is 1. The van der Waals surface area contributed by atoms with Gasteiger partial charge in [0.05, 0.1) is 18.8 Å². The van der Waals surface area contributed by atoms with Crippen molar-refractivity contribution >= 4 is 0 Å². The van der Waals surface area contributed by atoms with Crippen molar-refractivity contribution in [2.75, 3.05) is 32.8 Å². The van der Waals surface area contributed by atoms with Crippen LogP contribution in [0.4, 0.5) is 4.39 Å². The van der Waals surface area contributed by atoms with E-state index in [0.29, 0.717) is 0 Å². The zero-order chi connectivity index (χ0) is 14.5. The minimum absolute atomic E-state index is 0.0463. The molecular weight excluding hydrogens is 255 g/mol. The van der Waals surface area contributed by atoms with Gasteiger partial charge in [-0.1, -0.05) is 19.9 Å². The van der Waals surface area contributed by atoms with Crippen LogP contribution >= 0.6 is 0 Å². The standard InChI is InChI=1S/C16H25FN2O/c1-4-18-16(14-10-13(17)7-6-12(14)3)15-11-19(5-2)8-9-20-15/h6-7,10,15-16,18H,4-5,8-9,11H2,1-3H3. The molecular formula is C16H25FN2O. The minimum atomic E-state index is -0.184. The lowest BCUT2D eigenvalue weighted by atomic mass is 9.95. The number of nitrogens with zero attached hydrogens (tertiary/aromatic N) is 1. The average molecular weight is 280 g/mol. The summed E-state index contributed by atoms with van der Waals surface area (Å²) in [5.41, 5.74) is 2.12. The third-order valence-electron chi connectivity index (χ3n) is 4.00. The van der Waals surface area contributed by atoms with Crippen LogP contribution < -0.4 is 5.32 Å². The summed E-state index contributed by atoms with van der Waals surface area (Å²) in [5, 5.41) is 3.46. The summed E-state index contributed by atoms with van der Waals surface area (Å²) in [4.78, 5) is 2.38. The second-order valence-electron chi connectivity index (χ2n) is 5.34. The zero-order valence-electron chi connectivity index (χ0n) is 12.7. The van der Waals surface area contributed by atoms with Crippen LogP contribution in [-0.4, -0.2) is 43.8 Å². The fraction of sp³-hybridized carbons (Fsp3) is 0.625. The normalized spacial score (nSPS) is 21.9. The van der Waals surface area contributed by atoms with Crippen molar-refractivity contribution in [1.29, 1.82) is 0 Å². The largest absolute Gasteiger partial charge is 0.374 e. The maximum atomic E-state index is 13.6. The lowest BCUT2D eigenvalue weighted by molar-refractivity contribution is -0.0455. The van der Waals surface area contributed by atoms with E-state index in [1.54, 1.807) is 6.07 Å². The maximum Gasteiger partial charge on any atom is 0.123 e. The van der Waals surface area contributed by atoms with Crippen LogP contribution in [0.3, 0.4) is 0 Å². The Morgan fingerprint density at radius 1 is 1.45 bits per heavy atom. The summed E-state index contributed by atoms with van der Waals surface area (Å²) in [5.74, 6) is -0.184. The topological polar surface area (TPSA) is 24.5 Å². The van der Waals surface area contributed by atoms with E-state index < -0.39 is 0 Å². The number of halogens is 1. The molecule has 0 aromatic heterocycles. The number of rotatable bonds is 5. The predicted octanol–water partition coefficient (Wildman–Crippen LogP) is 2.51. The number of morpholine rings is 1. The molecule has 2 atom stereocenters. The number of aryl methyl sites for hydroxylation is 1. The lowest BCUT2D eigenvalue weighted by Crippen LogP contribution is -2.48. The summed E-state index contributed by atoms with van der Waals surface area (Å²) in [6.07, 6.45) is 0.0733. The summed E-state index contributed by atoms with van der Waals surface area (Å²) in [6.45, 7) is 10.7. The van der Waals surface area contributed by atoms with E-state index in [-0.39, 0.29) is 18.0 Å². The molecule has 0 saturated carbocycles. The predicted molar refractivity (Wildman–Crippen MR) is 79.4 cm³/mol. The summed E-state index contributed by atoms with van der Waals surface area (Å²) in [7, 11) is 0. The van der Waals surface area contributed by atoms with E-state index >= 15 is 0 Å². The number of likely N-dealkylation sites (N-methyl/N-ethyl adjacent to an activating group) is 2. The van der Waals surface area contributed by atoms with E-state index in [1.807, 2.05) is 13.0 Å². The number of hydrogen-bond donors (Lipinski definition) is 1. The van der Waals surface area contributed by atoms with E-state index in [9.17, 15) is 4.39 Å². The van der Waals surface area contributed by atoms with Crippen LogP contribution in [0.5, 0.6) is 0 Å². The Morgan fingerprint density at radius 3 is 2.95 bits per heavy atom. The van der Waals surface area contributed by atoms with Crippen molar-refractivity contribution in [2.24, 2.45) is 0 Å². The van der Waals surface area contributed by atoms with Crippen LogP contribution in [0, 0.1) is 12.7 Å². The van der Waals surface area contributed by atoms with Crippen molar-refractivity contribution in [3.63, 3.8) is 0 Å². The van der Waals surface area contributed by atoms with Crippen molar-refractivity contribution in [3.05, 3.63) is 35.1 Å². The summed E-state index contributed by atoms with van der Waals surface area (Å²) in [6, 6.07) is 5.04. The van der Waals surface area contributed by atoms with Gasteiger partial charge in [0.1, 0.15) is 5.82 Å². The number of nitrogens with one attached hydrogen (secondary N) is 1. The Morgan fingerprint density at radius 2 is 2.25 bits per heavy atom. The van der Waals surface area contributed by atoms with E-state index in [1.165, 1.54) is 6.07 Å². The molecule has 4 heteroatoms. The summed E-state index contributed by atoms with van der Waals surface area (Å²) < 4.78 is 19.5. The van der Waals surface area contributed by atoms with Gasteiger partial charge in [0.15, 0.2) is 0 Å². The first kappa shape index (κ1) is 15.4. The highest BCUT2D eigenvalue weighted by atomic mass is 19.1. The molecule has 2 unspecified atom stereocenters. The SMILES string of the molecule is CCNC(c1cc(F)ccc1C)C1CN(CC)CCO1. The molecule has 0 amide bonds. The Bertz CT molecular complexity index is 438. The first-order valence-corrected chi connectivity index (χ1v) is 7.49. The smallest absolute Gasteiger partial charge is 0.123 e. The van der Waals surface area contributed by atoms with E-state index in [0.717, 1.165) is 43.9 Å². The first-order valence-electron chi connectivity index (χ1n) is 7.49. The molecule has 0 aliphatic carbocycles. The van der Waals surface area contributed by atoms with Crippen molar-refractivity contribution in [1.82, 2.24) is 10.2 Å². The van der Waals surface area contributed by atoms with Gasteiger partial charge in [0.25, 0.3) is 0 Å². The molecule has 0 radical (unpaired) electrons. The van der Waals surface area contributed by atoms with Crippen LogP contribution in [0.2, 0.25) is 0 Å². The molecule has 0 bridgehead atoms. The molecule has 3 nitrogen and oxygen atoms in total. The van der Waals surface area contributed by atoms with Crippen LogP contribution in [-0.2, 0) is 4.74 Å². The third kappa shape index (κ3) is 3.57. The molecule has 1 aliphatic rings. The second-order valence-corrected chi connectivity index (χ2v) is 5.34. The molecule has 1 heterocycles. The molecule has 1 aliphatic heterocycles. The Kier molecular flexibility index (Phi) is 5.52. The van der Waals surface area contributed by atoms with Gasteiger partial charge in [-0.2, -0.15) is 0 Å². The van der Waals surface area contributed by atoms with Crippen LogP contribution in [0.1, 0.15) is 31.0 Å². The highest BCUT2D eigenvalue weighted by Gasteiger charge is 2.29. The molecule has 1 aromatic carbocycles. The van der Waals surface area contributed by atoms with Crippen LogP contribution in [0.25, 0.3) is 0 Å². The molecule has 20 heavy (non-hydrogen) atoms. The quantitative estimate of drug-likeness (QED) is 0.897. The van der Waals surface area contributed by atoms with Gasteiger partial charge in [0.2, 0.25) is 0 Å². The monoisotopic (exact) mass is 280 g/mol. The number of hydrogen-bond acceptors (Lipinski definition) is 3. The minimum Gasteiger partial charge on any atom is -0.374 e. The van der Waals surface area contributed by atoms with E-state index in [4.69, 9.17) is 4.74 Å². The molecule has 1 fully saturated rings. The molecule has 2 rings (SSSR count). The van der Waals surface area contributed by atoms with Crippen molar-refractivity contribution in [2.45, 2.75) is 32.9 Å². The average Bonchev–Trinajstić information content (AvgIpc) is 2.47. The fourth-order valence-corrected chi connectivity index (χ4v) is 2.83. The van der Waals surface area contributed by atoms with Gasteiger partial charge in [-0.05, 0) is 43.3 Å². The summed E-state index contributed by atoms with van der Waals surface area (Å²) >= 11 is 0. The molecule has 1 N–H and O–H groups in total. The van der Waals surface area contributed by atoms with Gasteiger partial charge in [-0.15, -0.1) is 0 Å². The second kappa shape index (κ2) is 7.16. The van der Waals surface area contributed by atoms with E-state index in [2.05, 4.69) is 24.1 Å². The Balaban J connectivity index is 2.23. The highest BCUT2D eigenvalue weighted by Crippen LogP contribution is 2.26. The molecule has 1 saturated heterocycles. The van der Waals surface area contributed by atoms with Gasteiger partial charge in [0, 0.05) is 13.1 Å². The van der Waals surface area contributed by atoms with Gasteiger partial charge in [-0.3, -0.25) is 4.90 Å². The molecule has 112 valence electrons. The molecule has 0 spiro atoms. The Hall–Kier alpha value is -0.970. The van der Waals surface area contributed by atoms with Gasteiger partial charge >= 0.3 is 0 Å². The third-order valence-corrected chi connectivity index (χ3v) is 4.00. The first-order chi connectivity index (χ1) is 9.65. The maximum absolute atomic E-state index is 13.6. The fourth-order valence-electron chi connectivity index (χ4n) is 2.83. The lowest BCUT2D eigenvalue weighted by Gasteiger charge is -2.37. The molecule has 1 aromatic rings. The van der Waals surface area contributed by atoms with Crippen molar-refractivity contribution in [3.8, 4) is 0 Å². The number of ether oxygens (including phenoxy) is 1. The zero-order valence-corrected chi connectivity index (χ0v) is 12.7. The Labute approximate surface area is 121 Å². The highest BCUT2D eigenvalue weighted by molar-refractivity contribution is 5.30. The van der Waals surface area contributed by atoms with Gasteiger partial charge in [-0.25, -0.2) is 4.39 Å². The van der Waals surface area contributed by atoms with Crippen molar-refractivity contribution < 1.29 is 9.13 Å².